The Morgan fingerprint density at radius 2 is 2.06 bits per heavy atom. The molecular formula is C12H17N3O3. The lowest BCUT2D eigenvalue weighted by Crippen LogP contribution is -2.42. The van der Waals surface area contributed by atoms with Crippen molar-refractivity contribution in [1.82, 2.24) is 5.32 Å². The predicted molar refractivity (Wildman–Crippen MR) is 69.3 cm³/mol. The van der Waals surface area contributed by atoms with Gasteiger partial charge >= 0.3 is 12.0 Å². The van der Waals surface area contributed by atoms with E-state index >= 15 is 0 Å². The van der Waals surface area contributed by atoms with Gasteiger partial charge in [0.2, 0.25) is 0 Å². The fourth-order valence-corrected chi connectivity index (χ4v) is 1.47. The van der Waals surface area contributed by atoms with Crippen molar-refractivity contribution >= 4 is 23.4 Å². The van der Waals surface area contributed by atoms with Crippen molar-refractivity contribution in [2.45, 2.75) is 25.8 Å². The van der Waals surface area contributed by atoms with Crippen LogP contribution in [-0.2, 0) is 4.79 Å². The van der Waals surface area contributed by atoms with Crippen molar-refractivity contribution in [3.8, 4) is 0 Å². The van der Waals surface area contributed by atoms with E-state index in [4.69, 9.17) is 10.8 Å². The fraction of sp³-hybridized carbons (Fsp3) is 0.333. The Morgan fingerprint density at radius 1 is 1.39 bits per heavy atom. The number of carboxylic acid groups (broad SMARTS) is 1. The Bertz CT molecular complexity index is 434. The molecule has 0 aliphatic heterocycles. The Kier molecular flexibility index (Phi) is 4.98. The molecule has 0 heterocycles. The number of urea groups is 1. The average Bonchev–Trinajstić information content (AvgIpc) is 2.31. The molecule has 0 radical (unpaired) electrons. The van der Waals surface area contributed by atoms with Gasteiger partial charge < -0.3 is 21.5 Å². The number of aliphatic carboxylic acids is 1. The highest BCUT2D eigenvalue weighted by Crippen LogP contribution is 2.16. The maximum absolute atomic E-state index is 11.6. The largest absolute Gasteiger partial charge is 0.480 e. The minimum Gasteiger partial charge on any atom is -0.480 e. The maximum atomic E-state index is 11.6. The minimum atomic E-state index is -1.05. The number of para-hydroxylation sites is 2. The standard InChI is InChI=1S/C12H17N3O3/c1-2-5-10(11(16)17)15-12(18)14-9-7-4-3-6-8(9)13/h3-4,6-7,10H,2,5,13H2,1H3,(H,16,17)(H2,14,15,18)/t10-/m1/s1. The molecule has 6 heteroatoms. The lowest BCUT2D eigenvalue weighted by molar-refractivity contribution is -0.139. The zero-order valence-electron chi connectivity index (χ0n) is 10.1. The summed E-state index contributed by atoms with van der Waals surface area (Å²) in [6.45, 7) is 1.85. The van der Waals surface area contributed by atoms with E-state index in [1.165, 1.54) is 0 Å². The number of benzene rings is 1. The van der Waals surface area contributed by atoms with Crippen LogP contribution in [0.15, 0.2) is 24.3 Å². The van der Waals surface area contributed by atoms with Crippen molar-refractivity contribution in [2.75, 3.05) is 11.1 Å². The van der Waals surface area contributed by atoms with Crippen molar-refractivity contribution in [3.05, 3.63) is 24.3 Å². The summed E-state index contributed by atoms with van der Waals surface area (Å²) >= 11 is 0. The van der Waals surface area contributed by atoms with E-state index < -0.39 is 18.0 Å². The van der Waals surface area contributed by atoms with E-state index in [0.717, 1.165) is 0 Å². The van der Waals surface area contributed by atoms with Gasteiger partial charge in [-0.2, -0.15) is 0 Å². The first-order chi connectivity index (χ1) is 8.54. The summed E-state index contributed by atoms with van der Waals surface area (Å²) in [5.41, 5.74) is 6.54. The number of amides is 2. The number of rotatable bonds is 5. The second kappa shape index (κ2) is 6.48. The molecule has 1 aromatic rings. The van der Waals surface area contributed by atoms with Gasteiger partial charge in [-0.05, 0) is 18.6 Å². The molecule has 5 N–H and O–H groups in total. The third-order valence-corrected chi connectivity index (χ3v) is 2.39. The SMILES string of the molecule is CCC[C@@H](NC(=O)Nc1ccccc1N)C(=O)O. The van der Waals surface area contributed by atoms with Gasteiger partial charge in [0, 0.05) is 0 Å². The van der Waals surface area contributed by atoms with Crippen molar-refractivity contribution in [3.63, 3.8) is 0 Å². The molecular weight excluding hydrogens is 234 g/mol. The molecule has 0 aliphatic rings. The van der Waals surface area contributed by atoms with Gasteiger partial charge in [-0.15, -0.1) is 0 Å². The molecule has 0 aromatic heterocycles. The number of anilines is 2. The average molecular weight is 251 g/mol. The monoisotopic (exact) mass is 251 g/mol. The topological polar surface area (TPSA) is 104 Å². The molecule has 1 rings (SSSR count). The first-order valence-electron chi connectivity index (χ1n) is 5.69. The van der Waals surface area contributed by atoms with Gasteiger partial charge in [-0.1, -0.05) is 25.5 Å². The van der Waals surface area contributed by atoms with Crippen LogP contribution in [0.3, 0.4) is 0 Å². The summed E-state index contributed by atoms with van der Waals surface area (Å²) in [4.78, 5) is 22.5. The number of nitrogens with two attached hydrogens (primary N) is 1. The molecule has 6 nitrogen and oxygen atoms in total. The number of hydrogen-bond donors (Lipinski definition) is 4. The molecule has 18 heavy (non-hydrogen) atoms. The summed E-state index contributed by atoms with van der Waals surface area (Å²) in [7, 11) is 0. The molecule has 1 atom stereocenters. The number of carbonyl (C=O) groups excluding carboxylic acids is 1. The van der Waals surface area contributed by atoms with E-state index in [-0.39, 0.29) is 0 Å². The summed E-state index contributed by atoms with van der Waals surface area (Å²) in [5.74, 6) is -1.05. The van der Waals surface area contributed by atoms with Gasteiger partial charge in [0.25, 0.3) is 0 Å². The molecule has 0 aliphatic carbocycles. The highest BCUT2D eigenvalue weighted by atomic mass is 16.4. The van der Waals surface area contributed by atoms with Gasteiger partial charge in [0.1, 0.15) is 6.04 Å². The fourth-order valence-electron chi connectivity index (χ4n) is 1.47. The van der Waals surface area contributed by atoms with Gasteiger partial charge in [0.05, 0.1) is 11.4 Å². The minimum absolute atomic E-state index is 0.382. The Morgan fingerprint density at radius 3 is 2.61 bits per heavy atom. The number of carboxylic acids is 1. The Labute approximate surface area is 105 Å². The second-order valence-corrected chi connectivity index (χ2v) is 3.87. The molecule has 0 spiro atoms. The molecule has 0 saturated heterocycles. The third kappa shape index (κ3) is 3.97. The first-order valence-corrected chi connectivity index (χ1v) is 5.69. The second-order valence-electron chi connectivity index (χ2n) is 3.87. The van der Waals surface area contributed by atoms with Crippen molar-refractivity contribution < 1.29 is 14.7 Å². The molecule has 98 valence electrons. The molecule has 0 fully saturated rings. The molecule has 2 amide bonds. The van der Waals surface area contributed by atoms with Gasteiger partial charge in [-0.25, -0.2) is 9.59 Å². The normalized spacial score (nSPS) is 11.6. The Balaban J connectivity index is 2.61. The van der Waals surface area contributed by atoms with Crippen LogP contribution in [0.2, 0.25) is 0 Å². The highest BCUT2D eigenvalue weighted by Gasteiger charge is 2.18. The van der Waals surface area contributed by atoms with Crippen LogP contribution in [0.5, 0.6) is 0 Å². The van der Waals surface area contributed by atoms with Crippen LogP contribution >= 0.6 is 0 Å². The van der Waals surface area contributed by atoms with E-state index in [9.17, 15) is 9.59 Å². The first kappa shape index (κ1) is 13.8. The van der Waals surface area contributed by atoms with Crippen LogP contribution in [0, 0.1) is 0 Å². The third-order valence-electron chi connectivity index (χ3n) is 2.39. The predicted octanol–water partition coefficient (Wildman–Crippen LogP) is 1.64. The summed E-state index contributed by atoms with van der Waals surface area (Å²) in [6.07, 6.45) is 1.05. The zero-order chi connectivity index (χ0) is 13.5. The van der Waals surface area contributed by atoms with Crippen LogP contribution < -0.4 is 16.4 Å². The van der Waals surface area contributed by atoms with Gasteiger partial charge in [0.15, 0.2) is 0 Å². The smallest absolute Gasteiger partial charge is 0.326 e. The summed E-state index contributed by atoms with van der Waals surface area (Å²) < 4.78 is 0. The lowest BCUT2D eigenvalue weighted by Gasteiger charge is -2.14. The number of carbonyl (C=O) groups is 2. The number of nitrogens with one attached hydrogen (secondary N) is 2. The van der Waals surface area contributed by atoms with E-state index in [1.807, 2.05) is 6.92 Å². The van der Waals surface area contributed by atoms with Crippen LogP contribution in [-0.4, -0.2) is 23.1 Å². The van der Waals surface area contributed by atoms with Crippen molar-refractivity contribution in [2.24, 2.45) is 0 Å². The summed E-state index contributed by atoms with van der Waals surface area (Å²) in [6, 6.07) is 5.30. The van der Waals surface area contributed by atoms with Gasteiger partial charge in [-0.3, -0.25) is 0 Å². The van der Waals surface area contributed by atoms with Crippen LogP contribution in [0.1, 0.15) is 19.8 Å². The van der Waals surface area contributed by atoms with Crippen LogP contribution in [0.25, 0.3) is 0 Å². The molecule has 0 saturated carbocycles. The Hall–Kier alpha value is -2.24. The highest BCUT2D eigenvalue weighted by molar-refractivity contribution is 5.94. The molecule has 1 aromatic carbocycles. The van der Waals surface area contributed by atoms with E-state index in [0.29, 0.717) is 24.2 Å². The number of hydrogen-bond acceptors (Lipinski definition) is 3. The van der Waals surface area contributed by atoms with E-state index in [2.05, 4.69) is 10.6 Å². The lowest BCUT2D eigenvalue weighted by atomic mass is 10.2. The zero-order valence-corrected chi connectivity index (χ0v) is 10.1. The summed E-state index contributed by atoms with van der Waals surface area (Å²) in [5, 5.41) is 13.8. The maximum Gasteiger partial charge on any atom is 0.326 e. The molecule has 0 bridgehead atoms. The van der Waals surface area contributed by atoms with E-state index in [1.54, 1.807) is 24.3 Å². The van der Waals surface area contributed by atoms with Crippen LogP contribution in [0.4, 0.5) is 16.2 Å². The van der Waals surface area contributed by atoms with Crippen molar-refractivity contribution in [1.29, 1.82) is 0 Å². The number of nitrogen functional groups attached to an aromatic ring is 1. The molecule has 0 unspecified atom stereocenters. The quantitative estimate of drug-likeness (QED) is 0.597.